The van der Waals surface area contributed by atoms with Crippen LogP contribution in [-0.4, -0.2) is 21.2 Å². The van der Waals surface area contributed by atoms with Crippen LogP contribution in [0.2, 0.25) is 5.15 Å². The lowest BCUT2D eigenvalue weighted by Crippen LogP contribution is -2.05. The maximum absolute atomic E-state index is 10.8. The Morgan fingerprint density at radius 2 is 2.35 bits per heavy atom. The summed E-state index contributed by atoms with van der Waals surface area (Å²) in [6.45, 7) is 2.44. The molecule has 1 N–H and O–H groups in total. The van der Waals surface area contributed by atoms with Gasteiger partial charge in [0.15, 0.2) is 6.29 Å². The van der Waals surface area contributed by atoms with Crippen molar-refractivity contribution in [3.05, 3.63) is 33.1 Å². The first-order valence-electron chi connectivity index (χ1n) is 4.81. The van der Waals surface area contributed by atoms with Crippen molar-refractivity contribution in [1.29, 1.82) is 0 Å². The fraction of sp³-hybridized carbons (Fsp3) is 0.200. The van der Waals surface area contributed by atoms with Gasteiger partial charge in [0.05, 0.1) is 12.1 Å². The van der Waals surface area contributed by atoms with Crippen molar-refractivity contribution in [3.8, 4) is 0 Å². The molecule has 2 heterocycles. The average Bonchev–Trinajstić information content (AvgIpc) is 2.72. The third kappa shape index (κ3) is 2.78. The zero-order chi connectivity index (χ0) is 12.3. The zero-order valence-corrected chi connectivity index (χ0v) is 10.5. The minimum atomic E-state index is 0.146. The van der Waals surface area contributed by atoms with E-state index in [9.17, 15) is 4.79 Å². The van der Waals surface area contributed by atoms with Crippen LogP contribution in [0.4, 0.5) is 5.82 Å². The number of carbonyl (C=O) groups is 1. The molecule has 0 saturated heterocycles. The largest absolute Gasteiger partial charge is 0.363 e. The molecule has 17 heavy (non-hydrogen) atoms. The lowest BCUT2D eigenvalue weighted by Gasteiger charge is -2.05. The van der Waals surface area contributed by atoms with Gasteiger partial charge in [-0.15, -0.1) is 11.3 Å². The van der Waals surface area contributed by atoms with Crippen LogP contribution in [0.15, 0.2) is 11.7 Å². The summed E-state index contributed by atoms with van der Waals surface area (Å²) in [7, 11) is 0. The van der Waals surface area contributed by atoms with E-state index in [2.05, 4.69) is 20.3 Å². The Balaban J connectivity index is 2.14. The maximum Gasteiger partial charge on any atom is 0.156 e. The standard InChI is InChI=1S/C10H9ClN4OS/c1-6-4-17-8(15-6)2-12-10-7(3-16)9(11)13-5-14-10/h3-5H,2H2,1H3,(H,12,13,14). The average molecular weight is 269 g/mol. The van der Waals surface area contributed by atoms with Gasteiger partial charge in [0.1, 0.15) is 22.3 Å². The number of nitrogens with one attached hydrogen (secondary N) is 1. The molecule has 0 atom stereocenters. The molecule has 88 valence electrons. The molecule has 0 bridgehead atoms. The molecule has 2 rings (SSSR count). The molecule has 0 saturated carbocycles. The molecule has 0 radical (unpaired) electrons. The molecule has 0 amide bonds. The summed E-state index contributed by atoms with van der Waals surface area (Å²) in [5, 5.41) is 6.05. The summed E-state index contributed by atoms with van der Waals surface area (Å²) in [6, 6.07) is 0. The zero-order valence-electron chi connectivity index (χ0n) is 8.98. The van der Waals surface area contributed by atoms with E-state index >= 15 is 0 Å². The van der Waals surface area contributed by atoms with Gasteiger partial charge in [0.25, 0.3) is 0 Å². The Kier molecular flexibility index (Phi) is 3.65. The third-order valence-corrected chi connectivity index (χ3v) is 3.29. The highest BCUT2D eigenvalue weighted by molar-refractivity contribution is 7.09. The lowest BCUT2D eigenvalue weighted by atomic mass is 10.3. The fourth-order valence-corrected chi connectivity index (χ4v) is 2.15. The molecule has 2 aromatic rings. The number of aromatic nitrogens is 3. The molecule has 0 spiro atoms. The maximum atomic E-state index is 10.8. The summed E-state index contributed by atoms with van der Waals surface area (Å²) >= 11 is 7.33. The Morgan fingerprint density at radius 1 is 1.53 bits per heavy atom. The van der Waals surface area contributed by atoms with E-state index in [-0.39, 0.29) is 10.7 Å². The minimum absolute atomic E-state index is 0.146. The van der Waals surface area contributed by atoms with Crippen LogP contribution in [0.25, 0.3) is 0 Å². The van der Waals surface area contributed by atoms with E-state index in [1.165, 1.54) is 6.33 Å². The van der Waals surface area contributed by atoms with Crippen molar-refractivity contribution in [2.45, 2.75) is 13.5 Å². The number of nitrogens with zero attached hydrogens (tertiary/aromatic N) is 3. The van der Waals surface area contributed by atoms with Crippen molar-refractivity contribution in [3.63, 3.8) is 0 Å². The number of rotatable bonds is 4. The summed E-state index contributed by atoms with van der Waals surface area (Å²) in [5.41, 5.74) is 1.24. The van der Waals surface area contributed by atoms with E-state index in [0.29, 0.717) is 18.6 Å². The summed E-state index contributed by atoms with van der Waals surface area (Å²) < 4.78 is 0. The van der Waals surface area contributed by atoms with Crippen LogP contribution in [-0.2, 0) is 6.54 Å². The van der Waals surface area contributed by atoms with Crippen LogP contribution >= 0.6 is 22.9 Å². The smallest absolute Gasteiger partial charge is 0.156 e. The Morgan fingerprint density at radius 3 is 3.00 bits per heavy atom. The number of hydrogen-bond acceptors (Lipinski definition) is 6. The molecule has 0 aliphatic rings. The van der Waals surface area contributed by atoms with Crippen LogP contribution in [0.1, 0.15) is 21.1 Å². The van der Waals surface area contributed by atoms with Crippen molar-refractivity contribution < 1.29 is 4.79 Å². The molecule has 0 aliphatic heterocycles. The third-order valence-electron chi connectivity index (χ3n) is 2.03. The van der Waals surface area contributed by atoms with Gasteiger partial charge in [-0.2, -0.15) is 0 Å². The number of thiazole rings is 1. The normalized spacial score (nSPS) is 10.2. The van der Waals surface area contributed by atoms with Crippen molar-refractivity contribution in [2.75, 3.05) is 5.32 Å². The van der Waals surface area contributed by atoms with Gasteiger partial charge in [-0.05, 0) is 6.92 Å². The predicted molar refractivity (Wildman–Crippen MR) is 66.6 cm³/mol. The fourth-order valence-electron chi connectivity index (χ4n) is 1.26. The quantitative estimate of drug-likeness (QED) is 0.681. The van der Waals surface area contributed by atoms with Crippen LogP contribution in [0.3, 0.4) is 0 Å². The molecule has 0 aromatic carbocycles. The number of hydrogen-bond donors (Lipinski definition) is 1. The van der Waals surface area contributed by atoms with Crippen molar-refractivity contribution in [1.82, 2.24) is 15.0 Å². The second-order valence-electron chi connectivity index (χ2n) is 3.28. The second kappa shape index (κ2) is 5.20. The lowest BCUT2D eigenvalue weighted by molar-refractivity contribution is 0.112. The van der Waals surface area contributed by atoms with Gasteiger partial charge >= 0.3 is 0 Å². The monoisotopic (exact) mass is 268 g/mol. The molecule has 0 aliphatic carbocycles. The molecular weight excluding hydrogens is 260 g/mol. The minimum Gasteiger partial charge on any atom is -0.363 e. The molecule has 5 nitrogen and oxygen atoms in total. The van der Waals surface area contributed by atoms with Gasteiger partial charge in [-0.1, -0.05) is 11.6 Å². The highest BCUT2D eigenvalue weighted by Gasteiger charge is 2.09. The number of carbonyl (C=O) groups excluding carboxylic acids is 1. The van der Waals surface area contributed by atoms with Gasteiger partial charge in [0.2, 0.25) is 0 Å². The highest BCUT2D eigenvalue weighted by Crippen LogP contribution is 2.18. The van der Waals surface area contributed by atoms with Crippen molar-refractivity contribution >= 4 is 35.0 Å². The Labute approximate surface area is 107 Å². The molecule has 0 unspecified atom stereocenters. The van der Waals surface area contributed by atoms with E-state index in [4.69, 9.17) is 11.6 Å². The van der Waals surface area contributed by atoms with Crippen molar-refractivity contribution in [2.24, 2.45) is 0 Å². The summed E-state index contributed by atoms with van der Waals surface area (Å²) in [4.78, 5) is 22.9. The van der Waals surface area contributed by atoms with Gasteiger partial charge in [-0.3, -0.25) is 4.79 Å². The number of halogens is 1. The van der Waals surface area contributed by atoms with Crippen LogP contribution < -0.4 is 5.32 Å². The molecule has 7 heteroatoms. The molecule has 0 fully saturated rings. The molecular formula is C10H9ClN4OS. The van der Waals surface area contributed by atoms with Crippen LogP contribution in [0.5, 0.6) is 0 Å². The second-order valence-corrected chi connectivity index (χ2v) is 4.58. The van der Waals surface area contributed by atoms with E-state index in [1.54, 1.807) is 11.3 Å². The number of aryl methyl sites for hydroxylation is 1. The van der Waals surface area contributed by atoms with Crippen LogP contribution in [0, 0.1) is 6.92 Å². The summed E-state index contributed by atoms with van der Waals surface area (Å²) in [5.74, 6) is 0.424. The van der Waals surface area contributed by atoms with Gasteiger partial charge in [-0.25, -0.2) is 15.0 Å². The highest BCUT2D eigenvalue weighted by atomic mass is 35.5. The van der Waals surface area contributed by atoms with E-state index in [1.807, 2.05) is 12.3 Å². The first-order chi connectivity index (χ1) is 8.20. The number of anilines is 1. The predicted octanol–water partition coefficient (Wildman–Crippen LogP) is 2.32. The topological polar surface area (TPSA) is 67.8 Å². The van der Waals surface area contributed by atoms with E-state index < -0.39 is 0 Å². The van der Waals surface area contributed by atoms with E-state index in [0.717, 1.165) is 10.7 Å². The molecule has 2 aromatic heterocycles. The first-order valence-corrected chi connectivity index (χ1v) is 6.07. The SMILES string of the molecule is Cc1csc(CNc2ncnc(Cl)c2C=O)n1. The number of aldehydes is 1. The van der Waals surface area contributed by atoms with Gasteiger partial charge in [0, 0.05) is 11.1 Å². The Hall–Kier alpha value is -1.53. The van der Waals surface area contributed by atoms with Gasteiger partial charge < -0.3 is 5.32 Å². The Bertz CT molecular complexity index is 543. The first kappa shape index (κ1) is 11.9. The summed E-state index contributed by atoms with van der Waals surface area (Å²) in [6.07, 6.45) is 1.95.